The SMILES string of the molecule is C=C(CCl)[SiH](OCC)OCC. The van der Waals surface area contributed by atoms with Crippen LogP contribution >= 0.6 is 11.6 Å². The second-order valence-electron chi connectivity index (χ2n) is 2.03. The van der Waals surface area contributed by atoms with E-state index in [4.69, 9.17) is 20.5 Å². The third-order valence-electron chi connectivity index (χ3n) is 1.14. The highest BCUT2D eigenvalue weighted by molar-refractivity contribution is 6.55. The van der Waals surface area contributed by atoms with Crippen LogP contribution in [-0.2, 0) is 8.85 Å². The fraction of sp³-hybridized carbons (Fsp3) is 0.714. The van der Waals surface area contributed by atoms with Crippen molar-refractivity contribution in [3.05, 3.63) is 11.8 Å². The average Bonchev–Trinajstić information content (AvgIpc) is 2.03. The summed E-state index contributed by atoms with van der Waals surface area (Å²) in [5, 5.41) is 0.912. The number of hydrogen-bond acceptors (Lipinski definition) is 2. The fourth-order valence-corrected chi connectivity index (χ4v) is 2.33. The zero-order chi connectivity index (χ0) is 8.69. The minimum Gasteiger partial charge on any atom is -0.394 e. The molecule has 0 aromatic rings. The summed E-state index contributed by atoms with van der Waals surface area (Å²) in [7, 11) is -1.65. The van der Waals surface area contributed by atoms with Gasteiger partial charge in [0.15, 0.2) is 0 Å². The number of hydrogen-bond donors (Lipinski definition) is 0. The molecule has 0 amide bonds. The molecule has 0 bridgehead atoms. The lowest BCUT2D eigenvalue weighted by molar-refractivity contribution is 0.221. The highest BCUT2D eigenvalue weighted by Crippen LogP contribution is 2.03. The number of halogens is 1. The van der Waals surface area contributed by atoms with Crippen molar-refractivity contribution in [2.24, 2.45) is 0 Å². The summed E-state index contributed by atoms with van der Waals surface area (Å²) in [6.07, 6.45) is 0. The molecule has 66 valence electrons. The van der Waals surface area contributed by atoms with Crippen LogP contribution in [0.4, 0.5) is 0 Å². The second kappa shape index (κ2) is 6.85. The molecule has 2 nitrogen and oxygen atoms in total. The van der Waals surface area contributed by atoms with Crippen molar-refractivity contribution in [1.29, 1.82) is 0 Å². The Morgan fingerprint density at radius 2 is 1.82 bits per heavy atom. The molecule has 0 aliphatic carbocycles. The standard InChI is InChI=1S/C7H15ClO2Si/c1-4-9-11(10-5-2)7(3)6-8/h11H,3-6H2,1-2H3. The van der Waals surface area contributed by atoms with Crippen LogP contribution in [0.2, 0.25) is 0 Å². The van der Waals surface area contributed by atoms with Gasteiger partial charge in [-0.05, 0) is 19.0 Å². The molecular weight excluding hydrogens is 180 g/mol. The molecule has 0 rings (SSSR count). The maximum absolute atomic E-state index is 5.59. The van der Waals surface area contributed by atoms with Crippen molar-refractivity contribution in [1.82, 2.24) is 0 Å². The lowest BCUT2D eigenvalue weighted by Gasteiger charge is -2.14. The van der Waals surface area contributed by atoms with Crippen LogP contribution < -0.4 is 0 Å². The van der Waals surface area contributed by atoms with Crippen LogP contribution in [0.25, 0.3) is 0 Å². The van der Waals surface area contributed by atoms with Crippen molar-refractivity contribution in [2.75, 3.05) is 19.1 Å². The molecule has 0 saturated carbocycles. The Morgan fingerprint density at radius 1 is 1.36 bits per heavy atom. The van der Waals surface area contributed by atoms with Crippen molar-refractivity contribution in [3.63, 3.8) is 0 Å². The quantitative estimate of drug-likeness (QED) is 0.473. The van der Waals surface area contributed by atoms with Crippen LogP contribution in [0.5, 0.6) is 0 Å². The van der Waals surface area contributed by atoms with Gasteiger partial charge < -0.3 is 8.85 Å². The summed E-state index contributed by atoms with van der Waals surface area (Å²) in [5.74, 6) is 0.441. The van der Waals surface area contributed by atoms with Gasteiger partial charge in [0.05, 0.1) is 0 Å². The van der Waals surface area contributed by atoms with Crippen LogP contribution in [0, 0.1) is 0 Å². The summed E-state index contributed by atoms with van der Waals surface area (Å²) in [5.41, 5.74) is 0. The lowest BCUT2D eigenvalue weighted by Crippen LogP contribution is -2.26. The number of allylic oxidation sites excluding steroid dienone is 1. The minimum absolute atomic E-state index is 0.441. The summed E-state index contributed by atoms with van der Waals surface area (Å²) in [6.45, 7) is 9.03. The van der Waals surface area contributed by atoms with Crippen molar-refractivity contribution < 1.29 is 8.85 Å². The second-order valence-corrected chi connectivity index (χ2v) is 4.45. The zero-order valence-electron chi connectivity index (χ0n) is 7.10. The first-order valence-electron chi connectivity index (χ1n) is 3.73. The molecule has 0 fully saturated rings. The van der Waals surface area contributed by atoms with Gasteiger partial charge in [0, 0.05) is 19.1 Å². The smallest absolute Gasteiger partial charge is 0.352 e. The van der Waals surface area contributed by atoms with Gasteiger partial charge in [-0.1, -0.05) is 6.58 Å². The highest BCUT2D eigenvalue weighted by Gasteiger charge is 2.14. The molecule has 0 atom stereocenters. The van der Waals surface area contributed by atoms with E-state index in [1.807, 2.05) is 13.8 Å². The Kier molecular flexibility index (Phi) is 6.96. The molecule has 0 aliphatic heterocycles. The molecule has 0 aliphatic rings. The number of rotatable bonds is 6. The van der Waals surface area contributed by atoms with E-state index < -0.39 is 9.28 Å². The molecule has 0 aromatic carbocycles. The highest BCUT2D eigenvalue weighted by atomic mass is 35.5. The monoisotopic (exact) mass is 194 g/mol. The van der Waals surface area contributed by atoms with Crippen molar-refractivity contribution >= 4 is 20.9 Å². The van der Waals surface area contributed by atoms with E-state index >= 15 is 0 Å². The van der Waals surface area contributed by atoms with Gasteiger partial charge in [-0.15, -0.1) is 11.6 Å². The van der Waals surface area contributed by atoms with Crippen LogP contribution in [0.15, 0.2) is 11.8 Å². The maximum atomic E-state index is 5.59. The molecule has 0 aromatic heterocycles. The van der Waals surface area contributed by atoms with Gasteiger partial charge in [0.1, 0.15) is 0 Å². The van der Waals surface area contributed by atoms with E-state index in [-0.39, 0.29) is 0 Å². The Bertz CT molecular complexity index is 113. The molecule has 0 heterocycles. The Morgan fingerprint density at radius 3 is 2.09 bits per heavy atom. The van der Waals surface area contributed by atoms with Gasteiger partial charge >= 0.3 is 9.28 Å². The summed E-state index contributed by atoms with van der Waals surface area (Å²) in [6, 6.07) is 0. The first kappa shape index (κ1) is 11.2. The Hall–Kier alpha value is 0.167. The van der Waals surface area contributed by atoms with Gasteiger partial charge in [-0.3, -0.25) is 0 Å². The predicted molar refractivity (Wildman–Crippen MR) is 50.3 cm³/mol. The first-order chi connectivity index (χ1) is 5.26. The van der Waals surface area contributed by atoms with E-state index in [1.165, 1.54) is 0 Å². The largest absolute Gasteiger partial charge is 0.394 e. The van der Waals surface area contributed by atoms with Gasteiger partial charge in [-0.25, -0.2) is 0 Å². The van der Waals surface area contributed by atoms with Crippen molar-refractivity contribution in [3.8, 4) is 0 Å². The van der Waals surface area contributed by atoms with Crippen LogP contribution in [-0.4, -0.2) is 28.4 Å². The molecule has 11 heavy (non-hydrogen) atoms. The van der Waals surface area contributed by atoms with Crippen LogP contribution in [0.3, 0.4) is 0 Å². The molecular formula is C7H15ClO2Si. The maximum Gasteiger partial charge on any atom is 0.352 e. The molecule has 0 N–H and O–H groups in total. The van der Waals surface area contributed by atoms with Crippen LogP contribution in [0.1, 0.15) is 13.8 Å². The predicted octanol–water partition coefficient (Wildman–Crippen LogP) is 1.61. The Labute approximate surface area is 75.0 Å². The van der Waals surface area contributed by atoms with E-state index in [2.05, 4.69) is 6.58 Å². The normalized spacial score (nSPS) is 10.5. The van der Waals surface area contributed by atoms with E-state index in [0.717, 1.165) is 5.20 Å². The third-order valence-corrected chi connectivity index (χ3v) is 3.89. The molecule has 0 radical (unpaired) electrons. The molecule has 0 spiro atoms. The van der Waals surface area contributed by atoms with E-state index in [9.17, 15) is 0 Å². The molecule has 0 saturated heterocycles. The van der Waals surface area contributed by atoms with E-state index in [1.54, 1.807) is 0 Å². The third kappa shape index (κ3) is 4.58. The first-order valence-corrected chi connectivity index (χ1v) is 5.78. The summed E-state index contributed by atoms with van der Waals surface area (Å²) in [4.78, 5) is 0. The van der Waals surface area contributed by atoms with E-state index in [0.29, 0.717) is 19.1 Å². The lowest BCUT2D eigenvalue weighted by atomic mass is 10.7. The zero-order valence-corrected chi connectivity index (χ0v) is 9.01. The van der Waals surface area contributed by atoms with Gasteiger partial charge in [0.2, 0.25) is 0 Å². The topological polar surface area (TPSA) is 18.5 Å². The average molecular weight is 195 g/mol. The van der Waals surface area contributed by atoms with Gasteiger partial charge in [0.25, 0.3) is 0 Å². The summed E-state index contributed by atoms with van der Waals surface area (Å²) >= 11 is 5.59. The molecule has 0 unspecified atom stereocenters. The molecule has 4 heteroatoms. The Balaban J connectivity index is 3.76. The van der Waals surface area contributed by atoms with Crippen molar-refractivity contribution in [2.45, 2.75) is 13.8 Å². The number of alkyl halides is 1. The minimum atomic E-state index is -1.65. The van der Waals surface area contributed by atoms with Gasteiger partial charge in [-0.2, -0.15) is 0 Å². The fourth-order valence-electron chi connectivity index (χ4n) is 0.650. The summed E-state index contributed by atoms with van der Waals surface area (Å²) < 4.78 is 10.7.